The number of fused-ring (bicyclic) bond motifs is 1. The first-order valence-corrected chi connectivity index (χ1v) is 7.68. The van der Waals surface area contributed by atoms with Gasteiger partial charge >= 0.3 is 7.12 Å². The molecular formula is C17H24BNO2. The number of benzene rings is 1. The lowest BCUT2D eigenvalue weighted by molar-refractivity contribution is 0.00578. The Labute approximate surface area is 127 Å². The van der Waals surface area contributed by atoms with Gasteiger partial charge in [0.25, 0.3) is 0 Å². The Balaban J connectivity index is 2.14. The summed E-state index contributed by atoms with van der Waals surface area (Å²) in [7, 11) is -0.322. The van der Waals surface area contributed by atoms with Crippen LogP contribution in [-0.2, 0) is 9.31 Å². The lowest BCUT2D eigenvalue weighted by Gasteiger charge is -2.32. The van der Waals surface area contributed by atoms with Crippen LogP contribution >= 0.6 is 0 Å². The Kier molecular flexibility index (Phi) is 3.23. The molecule has 0 bridgehead atoms. The SMILES string of the molecule is CC(C)n1cc2ccccc2c1B1OC(C)(C)C(C)(C)O1. The summed E-state index contributed by atoms with van der Waals surface area (Å²) >= 11 is 0. The molecule has 112 valence electrons. The third-order valence-corrected chi connectivity index (χ3v) is 4.83. The van der Waals surface area contributed by atoms with Crippen molar-refractivity contribution in [1.29, 1.82) is 0 Å². The smallest absolute Gasteiger partial charge is 0.398 e. The molecule has 1 aliphatic heterocycles. The molecule has 4 heteroatoms. The summed E-state index contributed by atoms with van der Waals surface area (Å²) in [4.78, 5) is 0. The number of hydrogen-bond acceptors (Lipinski definition) is 2. The van der Waals surface area contributed by atoms with Crippen molar-refractivity contribution in [3.63, 3.8) is 0 Å². The van der Waals surface area contributed by atoms with Gasteiger partial charge in [-0.3, -0.25) is 0 Å². The molecule has 0 spiro atoms. The van der Waals surface area contributed by atoms with Crippen molar-refractivity contribution in [2.75, 3.05) is 0 Å². The summed E-state index contributed by atoms with van der Waals surface area (Å²) in [6, 6.07) is 8.80. The minimum absolute atomic E-state index is 0.315. The molecule has 0 saturated carbocycles. The first kappa shape index (κ1) is 14.7. The first-order valence-electron chi connectivity index (χ1n) is 7.68. The number of rotatable bonds is 2. The zero-order valence-electron chi connectivity index (χ0n) is 13.8. The van der Waals surface area contributed by atoms with Gasteiger partial charge in [0.1, 0.15) is 0 Å². The summed E-state index contributed by atoms with van der Waals surface area (Å²) in [5.41, 5.74) is 0.495. The minimum atomic E-state index is -0.322. The van der Waals surface area contributed by atoms with Gasteiger partial charge in [0.05, 0.1) is 16.8 Å². The van der Waals surface area contributed by atoms with Crippen LogP contribution < -0.4 is 5.59 Å². The van der Waals surface area contributed by atoms with Crippen LogP contribution in [0.3, 0.4) is 0 Å². The molecule has 2 aromatic rings. The fourth-order valence-electron chi connectivity index (χ4n) is 2.83. The highest BCUT2D eigenvalue weighted by molar-refractivity contribution is 6.64. The maximum Gasteiger partial charge on any atom is 0.513 e. The van der Waals surface area contributed by atoms with Gasteiger partial charge in [0.15, 0.2) is 0 Å². The molecule has 1 aliphatic rings. The van der Waals surface area contributed by atoms with Crippen LogP contribution in [0.1, 0.15) is 47.6 Å². The third-order valence-electron chi connectivity index (χ3n) is 4.83. The molecular weight excluding hydrogens is 261 g/mol. The molecule has 1 fully saturated rings. The summed E-state index contributed by atoms with van der Waals surface area (Å²) in [5.74, 6) is 0. The molecule has 1 saturated heterocycles. The van der Waals surface area contributed by atoms with E-state index in [1.54, 1.807) is 0 Å². The van der Waals surface area contributed by atoms with E-state index in [1.165, 1.54) is 10.8 Å². The highest BCUT2D eigenvalue weighted by Gasteiger charge is 2.53. The second-order valence-electron chi connectivity index (χ2n) is 7.19. The Morgan fingerprint density at radius 1 is 1.00 bits per heavy atom. The summed E-state index contributed by atoms with van der Waals surface area (Å²) in [6.45, 7) is 12.8. The van der Waals surface area contributed by atoms with Gasteiger partial charge in [0.2, 0.25) is 0 Å². The topological polar surface area (TPSA) is 23.4 Å². The van der Waals surface area contributed by atoms with Crippen molar-refractivity contribution in [3.8, 4) is 0 Å². The summed E-state index contributed by atoms with van der Waals surface area (Å²) in [6.07, 6.45) is 2.19. The molecule has 3 rings (SSSR count). The average Bonchev–Trinajstić information content (AvgIpc) is 2.85. The maximum atomic E-state index is 6.26. The van der Waals surface area contributed by atoms with Gasteiger partial charge < -0.3 is 13.9 Å². The second-order valence-corrected chi connectivity index (χ2v) is 7.19. The van der Waals surface area contributed by atoms with Crippen LogP contribution in [-0.4, -0.2) is 22.9 Å². The highest BCUT2D eigenvalue weighted by atomic mass is 16.7. The van der Waals surface area contributed by atoms with Crippen molar-refractivity contribution in [2.45, 2.75) is 58.8 Å². The number of hydrogen-bond donors (Lipinski definition) is 0. The molecule has 0 N–H and O–H groups in total. The van der Waals surface area contributed by atoms with E-state index in [0.717, 1.165) is 5.59 Å². The average molecular weight is 285 g/mol. The van der Waals surface area contributed by atoms with E-state index >= 15 is 0 Å². The van der Waals surface area contributed by atoms with E-state index in [-0.39, 0.29) is 18.3 Å². The Bertz CT molecular complexity index is 656. The fourth-order valence-corrected chi connectivity index (χ4v) is 2.83. The van der Waals surface area contributed by atoms with E-state index in [2.05, 4.69) is 76.6 Å². The van der Waals surface area contributed by atoms with Crippen LogP contribution in [0.25, 0.3) is 10.8 Å². The Morgan fingerprint density at radius 2 is 1.57 bits per heavy atom. The first-order chi connectivity index (χ1) is 9.73. The molecule has 0 amide bonds. The van der Waals surface area contributed by atoms with Gasteiger partial charge in [-0.1, -0.05) is 24.3 Å². The molecule has 0 aliphatic carbocycles. The molecule has 21 heavy (non-hydrogen) atoms. The molecule has 2 heterocycles. The lowest BCUT2D eigenvalue weighted by atomic mass is 9.82. The predicted octanol–water partition coefficient (Wildman–Crippen LogP) is 3.52. The Hall–Kier alpha value is -1.26. The van der Waals surface area contributed by atoms with Crippen molar-refractivity contribution in [3.05, 3.63) is 30.5 Å². The standard InChI is InChI=1S/C17H24BNO2/c1-12(2)19-11-13-9-7-8-10-14(13)15(19)18-20-16(3,4)17(5,6)21-18/h7-12H,1-6H3. The minimum Gasteiger partial charge on any atom is -0.398 e. The van der Waals surface area contributed by atoms with Crippen LogP contribution in [0, 0.1) is 0 Å². The van der Waals surface area contributed by atoms with Crippen molar-refractivity contribution in [2.24, 2.45) is 0 Å². The Morgan fingerprint density at radius 3 is 2.14 bits per heavy atom. The molecule has 1 aromatic carbocycles. The molecule has 1 aromatic heterocycles. The van der Waals surface area contributed by atoms with Crippen molar-refractivity contribution < 1.29 is 9.31 Å². The molecule has 3 nitrogen and oxygen atoms in total. The fraction of sp³-hybridized carbons (Fsp3) is 0.529. The molecule has 0 radical (unpaired) electrons. The predicted molar refractivity (Wildman–Crippen MR) is 88.0 cm³/mol. The molecule has 0 unspecified atom stereocenters. The molecule has 0 atom stereocenters. The van der Waals surface area contributed by atoms with Gasteiger partial charge in [-0.15, -0.1) is 0 Å². The highest BCUT2D eigenvalue weighted by Crippen LogP contribution is 2.37. The van der Waals surface area contributed by atoms with Gasteiger partial charge in [-0.05, 0) is 52.3 Å². The van der Waals surface area contributed by atoms with Crippen molar-refractivity contribution in [1.82, 2.24) is 4.57 Å². The third kappa shape index (κ3) is 2.21. The summed E-state index contributed by atoms with van der Waals surface area (Å²) in [5, 5.41) is 2.45. The normalized spacial score (nSPS) is 20.6. The largest absolute Gasteiger partial charge is 0.513 e. The van der Waals surface area contributed by atoms with Crippen LogP contribution in [0.15, 0.2) is 30.5 Å². The quantitative estimate of drug-likeness (QED) is 0.788. The van der Waals surface area contributed by atoms with Gasteiger partial charge in [0, 0.05) is 12.2 Å². The van der Waals surface area contributed by atoms with E-state index in [9.17, 15) is 0 Å². The summed E-state index contributed by atoms with van der Waals surface area (Å²) < 4.78 is 14.8. The zero-order valence-corrected chi connectivity index (χ0v) is 13.8. The zero-order chi connectivity index (χ0) is 15.4. The maximum absolute atomic E-state index is 6.26. The van der Waals surface area contributed by atoms with Gasteiger partial charge in [-0.2, -0.15) is 0 Å². The van der Waals surface area contributed by atoms with E-state index in [1.807, 2.05) is 0 Å². The van der Waals surface area contributed by atoms with Gasteiger partial charge in [-0.25, -0.2) is 0 Å². The number of nitrogens with zero attached hydrogens (tertiary/aromatic N) is 1. The van der Waals surface area contributed by atoms with Crippen LogP contribution in [0.4, 0.5) is 0 Å². The van der Waals surface area contributed by atoms with Crippen LogP contribution in [0.5, 0.6) is 0 Å². The monoisotopic (exact) mass is 285 g/mol. The second kappa shape index (κ2) is 4.62. The van der Waals surface area contributed by atoms with Crippen molar-refractivity contribution >= 4 is 23.5 Å². The number of aromatic nitrogens is 1. The van der Waals surface area contributed by atoms with E-state index in [0.29, 0.717) is 6.04 Å². The lowest BCUT2D eigenvalue weighted by Crippen LogP contribution is -2.41. The van der Waals surface area contributed by atoms with E-state index < -0.39 is 0 Å². The van der Waals surface area contributed by atoms with E-state index in [4.69, 9.17) is 9.31 Å². The van der Waals surface area contributed by atoms with Crippen LogP contribution in [0.2, 0.25) is 0 Å².